The number of carbonyl (C=O) groups excluding carboxylic acids is 4. The summed E-state index contributed by atoms with van der Waals surface area (Å²) in [6.45, 7) is 5.12. The molecule has 3 N–H and O–H groups in total. The number of esters is 1. The number of aliphatic hydroxyl groups is 1. The molecule has 11 heteroatoms. The smallest absolute Gasteiger partial charge is 0.408 e. The molecule has 2 aliphatic heterocycles. The van der Waals surface area contributed by atoms with Gasteiger partial charge in [0.15, 0.2) is 11.8 Å². The van der Waals surface area contributed by atoms with E-state index >= 15 is 0 Å². The fraction of sp³-hybridized carbons (Fsp3) is 0.273. The van der Waals surface area contributed by atoms with Crippen LogP contribution in [0.3, 0.4) is 0 Å². The average molecular weight is 616 g/mol. The van der Waals surface area contributed by atoms with Crippen LogP contribution in [0.25, 0.3) is 0 Å². The quantitative estimate of drug-likeness (QED) is 0.244. The molecule has 3 aromatic carbocycles. The van der Waals surface area contributed by atoms with E-state index in [1.165, 1.54) is 11.8 Å². The van der Waals surface area contributed by atoms with Crippen LogP contribution < -0.4 is 10.6 Å². The fourth-order valence-electron chi connectivity index (χ4n) is 4.95. The maximum atomic E-state index is 13.6. The Kier molecular flexibility index (Phi) is 8.96. The van der Waals surface area contributed by atoms with Crippen molar-refractivity contribution in [3.05, 3.63) is 119 Å². The van der Waals surface area contributed by atoms with Crippen molar-refractivity contribution in [2.24, 2.45) is 0 Å². The standard InChI is InChI=1S/C33H33N3O7S/c1-33(2,3)43-32(41)35-24(20-13-7-4-8-14-20)28(38)34-25-29(39)36-26(23(37)19-44-30(25)36)31(40)42-27(21-15-9-5-10-16-21)22-17-11-6-12-18-22/h4-18,24-25,27,30,37H,19H2,1-3H3,(H,34,38)(H,35,41)/t24?,25-,30-/m1/s1. The van der Waals surface area contributed by atoms with Gasteiger partial charge in [0, 0.05) is 0 Å². The lowest BCUT2D eigenvalue weighted by molar-refractivity contribution is -0.155. The summed E-state index contributed by atoms with van der Waals surface area (Å²) in [6.07, 6.45) is -1.57. The fourth-order valence-corrected chi connectivity index (χ4v) is 6.15. The highest BCUT2D eigenvalue weighted by atomic mass is 32.2. The summed E-state index contributed by atoms with van der Waals surface area (Å²) in [5, 5.41) is 15.4. The van der Waals surface area contributed by atoms with Crippen LogP contribution in [0.15, 0.2) is 102 Å². The predicted octanol–water partition coefficient (Wildman–Crippen LogP) is 4.75. The number of hydrogen-bond donors (Lipinski definition) is 3. The van der Waals surface area contributed by atoms with Crippen LogP contribution in [0.5, 0.6) is 0 Å². The van der Waals surface area contributed by atoms with E-state index in [9.17, 15) is 24.3 Å². The third kappa shape index (κ3) is 6.73. The molecule has 44 heavy (non-hydrogen) atoms. The van der Waals surface area contributed by atoms with Gasteiger partial charge in [-0.05, 0) is 37.5 Å². The van der Waals surface area contributed by atoms with Crippen LogP contribution in [0.4, 0.5) is 4.79 Å². The Balaban J connectivity index is 1.33. The molecule has 0 saturated carbocycles. The Labute approximate surface area is 259 Å². The first-order valence-electron chi connectivity index (χ1n) is 14.1. The van der Waals surface area contributed by atoms with Crippen molar-refractivity contribution in [3.8, 4) is 0 Å². The van der Waals surface area contributed by atoms with E-state index in [1.54, 1.807) is 51.1 Å². The zero-order chi connectivity index (χ0) is 31.4. The van der Waals surface area contributed by atoms with E-state index in [0.717, 1.165) is 16.0 Å². The van der Waals surface area contributed by atoms with Crippen LogP contribution in [0.2, 0.25) is 0 Å². The van der Waals surface area contributed by atoms with Gasteiger partial charge in [-0.15, -0.1) is 11.8 Å². The van der Waals surface area contributed by atoms with Crippen molar-refractivity contribution in [1.82, 2.24) is 15.5 Å². The van der Waals surface area contributed by atoms with Gasteiger partial charge in [0.25, 0.3) is 5.91 Å². The molecule has 0 aliphatic carbocycles. The zero-order valence-electron chi connectivity index (χ0n) is 24.4. The summed E-state index contributed by atoms with van der Waals surface area (Å²) < 4.78 is 11.3. The zero-order valence-corrected chi connectivity index (χ0v) is 25.2. The number of amides is 3. The Hall–Kier alpha value is -4.77. The van der Waals surface area contributed by atoms with Gasteiger partial charge in [-0.25, -0.2) is 9.59 Å². The SMILES string of the molecule is CC(C)(C)OC(=O)NC(C(=O)N[C@@H]1C(=O)N2C(C(=O)OC(c3ccccc3)c3ccccc3)=C(O)CS[C@H]12)c1ccccc1. The molecule has 0 aromatic heterocycles. The highest BCUT2D eigenvalue weighted by molar-refractivity contribution is 8.00. The van der Waals surface area contributed by atoms with E-state index < -0.39 is 53.0 Å². The van der Waals surface area contributed by atoms with Crippen LogP contribution in [0, 0.1) is 0 Å². The van der Waals surface area contributed by atoms with Crippen molar-refractivity contribution in [2.45, 2.75) is 49.9 Å². The molecule has 2 aliphatic rings. The van der Waals surface area contributed by atoms with Gasteiger partial charge in [-0.3, -0.25) is 14.5 Å². The highest BCUT2D eigenvalue weighted by Gasteiger charge is 2.55. The Morgan fingerprint density at radius 1 is 0.886 bits per heavy atom. The number of alkyl carbamates (subject to hydrolysis) is 1. The van der Waals surface area contributed by atoms with Gasteiger partial charge in [0.1, 0.15) is 28.8 Å². The van der Waals surface area contributed by atoms with Crippen LogP contribution in [-0.2, 0) is 23.9 Å². The number of carbonyl (C=O) groups is 4. The molecule has 3 aromatic rings. The first-order valence-corrected chi connectivity index (χ1v) is 15.1. The second-order valence-corrected chi connectivity index (χ2v) is 12.4. The van der Waals surface area contributed by atoms with E-state index in [4.69, 9.17) is 9.47 Å². The number of thioether (sulfide) groups is 1. The Morgan fingerprint density at radius 2 is 1.41 bits per heavy atom. The second-order valence-electron chi connectivity index (χ2n) is 11.3. The number of nitrogens with one attached hydrogen (secondary N) is 2. The third-order valence-corrected chi connectivity index (χ3v) is 8.19. The summed E-state index contributed by atoms with van der Waals surface area (Å²) in [5.41, 5.74) is 0.888. The van der Waals surface area contributed by atoms with Gasteiger partial charge in [0.2, 0.25) is 5.91 Å². The molecule has 2 heterocycles. The van der Waals surface area contributed by atoms with Crippen molar-refractivity contribution in [1.29, 1.82) is 0 Å². The maximum absolute atomic E-state index is 13.6. The number of hydrogen-bond acceptors (Lipinski definition) is 8. The molecular formula is C33H33N3O7S. The van der Waals surface area contributed by atoms with E-state index in [1.807, 2.05) is 60.7 Å². The molecule has 228 valence electrons. The largest absolute Gasteiger partial charge is 0.509 e. The third-order valence-electron chi connectivity index (χ3n) is 6.92. The number of rotatable bonds is 8. The van der Waals surface area contributed by atoms with Gasteiger partial charge >= 0.3 is 12.1 Å². The second kappa shape index (κ2) is 12.8. The lowest BCUT2D eigenvalue weighted by atomic mass is 10.0. The first kappa shape index (κ1) is 30.7. The molecular weight excluding hydrogens is 582 g/mol. The van der Waals surface area contributed by atoms with E-state index in [-0.39, 0.29) is 17.2 Å². The topological polar surface area (TPSA) is 134 Å². The monoisotopic (exact) mass is 615 g/mol. The van der Waals surface area contributed by atoms with Gasteiger partial charge in [0.05, 0.1) is 5.75 Å². The van der Waals surface area contributed by atoms with Crippen molar-refractivity contribution in [2.75, 3.05) is 5.75 Å². The van der Waals surface area contributed by atoms with Gasteiger partial charge in [-0.1, -0.05) is 91.0 Å². The summed E-state index contributed by atoms with van der Waals surface area (Å²) in [4.78, 5) is 54.2. The lowest BCUT2D eigenvalue weighted by Crippen LogP contribution is -2.71. The summed E-state index contributed by atoms with van der Waals surface area (Å²) in [7, 11) is 0. The van der Waals surface area contributed by atoms with E-state index in [2.05, 4.69) is 10.6 Å². The highest BCUT2D eigenvalue weighted by Crippen LogP contribution is 2.41. The number of nitrogens with zero attached hydrogens (tertiary/aromatic N) is 1. The molecule has 3 atom stereocenters. The minimum atomic E-state index is -1.15. The molecule has 0 bridgehead atoms. The number of β-lactam (4-membered cyclic amide) rings is 1. The molecule has 0 spiro atoms. The number of ether oxygens (including phenoxy) is 2. The summed E-state index contributed by atoms with van der Waals surface area (Å²) in [5.74, 6) is -2.34. The molecule has 1 unspecified atom stereocenters. The number of aliphatic hydroxyl groups excluding tert-OH is 1. The van der Waals surface area contributed by atoms with Crippen LogP contribution >= 0.6 is 11.8 Å². The van der Waals surface area contributed by atoms with Gasteiger partial charge < -0.3 is 25.2 Å². The molecule has 5 rings (SSSR count). The first-order chi connectivity index (χ1) is 21.0. The van der Waals surface area contributed by atoms with Crippen LogP contribution in [-0.4, -0.2) is 56.7 Å². The molecule has 1 fully saturated rings. The minimum Gasteiger partial charge on any atom is -0.509 e. The normalized spacial score (nSPS) is 18.5. The maximum Gasteiger partial charge on any atom is 0.408 e. The van der Waals surface area contributed by atoms with E-state index in [0.29, 0.717) is 5.56 Å². The molecule has 0 radical (unpaired) electrons. The molecule has 1 saturated heterocycles. The molecule has 10 nitrogen and oxygen atoms in total. The van der Waals surface area contributed by atoms with Crippen molar-refractivity contribution >= 4 is 35.6 Å². The summed E-state index contributed by atoms with van der Waals surface area (Å²) >= 11 is 1.20. The van der Waals surface area contributed by atoms with Gasteiger partial charge in [-0.2, -0.15) is 0 Å². The van der Waals surface area contributed by atoms with Crippen molar-refractivity contribution < 1.29 is 33.8 Å². The Morgan fingerprint density at radius 3 is 1.93 bits per heavy atom. The number of fused-ring (bicyclic) bond motifs is 1. The summed E-state index contributed by atoms with van der Waals surface area (Å²) in [6, 6.07) is 24.8. The van der Waals surface area contributed by atoms with Crippen LogP contribution in [0.1, 0.15) is 49.6 Å². The minimum absolute atomic E-state index is 0.0326. The lowest BCUT2D eigenvalue weighted by Gasteiger charge is -2.49. The van der Waals surface area contributed by atoms with Crippen molar-refractivity contribution in [3.63, 3.8) is 0 Å². The molecule has 3 amide bonds. The average Bonchev–Trinajstić information content (AvgIpc) is 3.01. The Bertz CT molecular complexity index is 1520. The number of benzene rings is 3. The predicted molar refractivity (Wildman–Crippen MR) is 164 cm³/mol.